The molecule has 0 spiro atoms. The number of aromatic amines is 1. The van der Waals surface area contributed by atoms with Crippen LogP contribution < -0.4 is 5.32 Å². The molecule has 0 aliphatic carbocycles. The van der Waals surface area contributed by atoms with Crippen LogP contribution in [0.2, 0.25) is 0 Å². The average Bonchev–Trinajstić information content (AvgIpc) is 3.18. The summed E-state index contributed by atoms with van der Waals surface area (Å²) in [7, 11) is 0. The van der Waals surface area contributed by atoms with E-state index in [0.717, 1.165) is 22.2 Å². The Morgan fingerprint density at radius 2 is 1.85 bits per heavy atom. The van der Waals surface area contributed by atoms with E-state index in [1.807, 2.05) is 48.5 Å². The zero-order valence-corrected chi connectivity index (χ0v) is 14.5. The minimum absolute atomic E-state index is 0.182. The van der Waals surface area contributed by atoms with Crippen LogP contribution in [0.4, 0.5) is 0 Å². The van der Waals surface area contributed by atoms with Crippen molar-refractivity contribution in [3.8, 4) is 0 Å². The summed E-state index contributed by atoms with van der Waals surface area (Å²) >= 11 is 0. The van der Waals surface area contributed by atoms with Gasteiger partial charge in [-0.25, -0.2) is 0 Å². The van der Waals surface area contributed by atoms with Gasteiger partial charge in [0.1, 0.15) is 6.04 Å². The first-order valence-electron chi connectivity index (χ1n) is 8.52. The van der Waals surface area contributed by atoms with Gasteiger partial charge in [-0.2, -0.15) is 0 Å². The number of nitrogens with zero attached hydrogens (tertiary/aromatic N) is 1. The Kier molecular flexibility index (Phi) is 3.84. The van der Waals surface area contributed by atoms with Gasteiger partial charge in [-0.05, 0) is 30.5 Å². The SMILES string of the molecule is C=C1c2ccccc2C(=O)N1C(C)C(=O)NCc1cc2ccccc2[nH]1. The number of H-pyrrole nitrogens is 1. The standard InChI is InChI=1S/C21H19N3O2/c1-13-17-8-4-5-9-18(17)21(26)24(13)14(2)20(25)22-12-16-11-15-7-3-6-10-19(15)23-16/h3-11,14,23H,1,12H2,2H3,(H,22,25). The number of aromatic nitrogens is 1. The van der Waals surface area contributed by atoms with Crippen molar-refractivity contribution in [3.63, 3.8) is 0 Å². The lowest BCUT2D eigenvalue weighted by molar-refractivity contribution is -0.124. The fraction of sp³-hybridized carbons (Fsp3) is 0.143. The molecule has 5 nitrogen and oxygen atoms in total. The number of carbonyl (C=O) groups is 2. The number of nitrogens with one attached hydrogen (secondary N) is 2. The summed E-state index contributed by atoms with van der Waals surface area (Å²) in [5, 5.41) is 4.00. The number of fused-ring (bicyclic) bond motifs is 2. The molecular formula is C21H19N3O2. The normalized spacial score (nSPS) is 14.6. The smallest absolute Gasteiger partial charge is 0.259 e. The molecule has 0 saturated heterocycles. The average molecular weight is 345 g/mol. The van der Waals surface area contributed by atoms with E-state index in [1.54, 1.807) is 13.0 Å². The van der Waals surface area contributed by atoms with Crippen molar-refractivity contribution in [2.75, 3.05) is 0 Å². The van der Waals surface area contributed by atoms with E-state index in [4.69, 9.17) is 0 Å². The zero-order valence-electron chi connectivity index (χ0n) is 14.5. The molecule has 1 aromatic heterocycles. The largest absolute Gasteiger partial charge is 0.357 e. The third-order valence-corrected chi connectivity index (χ3v) is 4.78. The molecule has 1 aliphatic heterocycles. The predicted molar refractivity (Wildman–Crippen MR) is 101 cm³/mol. The van der Waals surface area contributed by atoms with Gasteiger partial charge in [0.15, 0.2) is 0 Å². The Balaban J connectivity index is 1.47. The van der Waals surface area contributed by atoms with Crippen LogP contribution in [0.1, 0.15) is 28.5 Å². The van der Waals surface area contributed by atoms with Gasteiger partial charge in [0.25, 0.3) is 5.91 Å². The maximum atomic E-state index is 12.6. The Hall–Kier alpha value is -3.34. The number of hydrogen-bond donors (Lipinski definition) is 2. The third kappa shape index (κ3) is 2.58. The Morgan fingerprint density at radius 1 is 1.15 bits per heavy atom. The molecule has 0 bridgehead atoms. The molecular weight excluding hydrogens is 326 g/mol. The van der Waals surface area contributed by atoms with Crippen molar-refractivity contribution >= 4 is 28.4 Å². The quantitative estimate of drug-likeness (QED) is 0.762. The molecule has 3 aromatic rings. The zero-order chi connectivity index (χ0) is 18.3. The fourth-order valence-corrected chi connectivity index (χ4v) is 3.39. The van der Waals surface area contributed by atoms with E-state index in [9.17, 15) is 9.59 Å². The molecule has 0 saturated carbocycles. The van der Waals surface area contributed by atoms with Gasteiger partial charge >= 0.3 is 0 Å². The Morgan fingerprint density at radius 3 is 2.58 bits per heavy atom. The van der Waals surface area contributed by atoms with E-state index in [0.29, 0.717) is 17.8 Å². The van der Waals surface area contributed by atoms with Crippen molar-refractivity contribution in [1.82, 2.24) is 15.2 Å². The van der Waals surface area contributed by atoms with E-state index >= 15 is 0 Å². The Labute approximate surface area is 151 Å². The number of benzene rings is 2. The van der Waals surface area contributed by atoms with Crippen LogP contribution in [0.15, 0.2) is 61.2 Å². The number of carbonyl (C=O) groups excluding carboxylic acids is 2. The molecule has 4 rings (SSSR count). The first-order valence-corrected chi connectivity index (χ1v) is 8.52. The highest BCUT2D eigenvalue weighted by molar-refractivity contribution is 6.10. The summed E-state index contributed by atoms with van der Waals surface area (Å²) < 4.78 is 0. The summed E-state index contributed by atoms with van der Waals surface area (Å²) in [4.78, 5) is 30.0. The van der Waals surface area contributed by atoms with Gasteiger partial charge in [-0.3, -0.25) is 14.5 Å². The second-order valence-electron chi connectivity index (χ2n) is 6.44. The lowest BCUT2D eigenvalue weighted by Gasteiger charge is -2.24. The van der Waals surface area contributed by atoms with E-state index in [2.05, 4.69) is 16.9 Å². The highest BCUT2D eigenvalue weighted by atomic mass is 16.2. The molecule has 130 valence electrons. The van der Waals surface area contributed by atoms with Crippen molar-refractivity contribution in [1.29, 1.82) is 0 Å². The lowest BCUT2D eigenvalue weighted by atomic mass is 10.1. The summed E-state index contributed by atoms with van der Waals surface area (Å²) in [6.07, 6.45) is 0. The number of para-hydroxylation sites is 1. The molecule has 2 aromatic carbocycles. The second-order valence-corrected chi connectivity index (χ2v) is 6.44. The number of amides is 2. The molecule has 5 heteroatoms. The molecule has 1 unspecified atom stereocenters. The first-order chi connectivity index (χ1) is 12.6. The van der Waals surface area contributed by atoms with Gasteiger partial charge in [-0.15, -0.1) is 0 Å². The number of rotatable bonds is 4. The summed E-state index contributed by atoms with van der Waals surface area (Å²) in [5.74, 6) is -0.398. The van der Waals surface area contributed by atoms with Crippen LogP contribution in [0.3, 0.4) is 0 Å². The molecule has 1 atom stereocenters. The fourth-order valence-electron chi connectivity index (χ4n) is 3.39. The summed E-state index contributed by atoms with van der Waals surface area (Å²) in [6, 6.07) is 16.6. The molecule has 0 fully saturated rings. The highest BCUT2D eigenvalue weighted by Gasteiger charge is 2.36. The van der Waals surface area contributed by atoms with E-state index in [1.165, 1.54) is 4.90 Å². The molecule has 1 aliphatic rings. The van der Waals surface area contributed by atoms with Gasteiger partial charge in [-0.1, -0.05) is 43.0 Å². The monoisotopic (exact) mass is 345 g/mol. The van der Waals surface area contributed by atoms with Crippen LogP contribution in [0.25, 0.3) is 16.6 Å². The van der Waals surface area contributed by atoms with Crippen LogP contribution in [0.5, 0.6) is 0 Å². The van der Waals surface area contributed by atoms with Crippen LogP contribution in [0, 0.1) is 0 Å². The molecule has 2 amide bonds. The van der Waals surface area contributed by atoms with Crippen LogP contribution in [-0.2, 0) is 11.3 Å². The second kappa shape index (κ2) is 6.19. The maximum Gasteiger partial charge on any atom is 0.259 e. The molecule has 26 heavy (non-hydrogen) atoms. The van der Waals surface area contributed by atoms with Gasteiger partial charge in [0.05, 0.1) is 6.54 Å². The van der Waals surface area contributed by atoms with Gasteiger partial charge < -0.3 is 10.3 Å². The number of hydrogen-bond acceptors (Lipinski definition) is 2. The highest BCUT2D eigenvalue weighted by Crippen LogP contribution is 2.32. The predicted octanol–water partition coefficient (Wildman–Crippen LogP) is 3.30. The van der Waals surface area contributed by atoms with Crippen molar-refractivity contribution < 1.29 is 9.59 Å². The third-order valence-electron chi connectivity index (χ3n) is 4.78. The molecule has 2 N–H and O–H groups in total. The lowest BCUT2D eigenvalue weighted by Crippen LogP contribution is -2.44. The minimum Gasteiger partial charge on any atom is -0.357 e. The maximum absolute atomic E-state index is 12.6. The summed E-state index contributed by atoms with van der Waals surface area (Å²) in [6.45, 7) is 6.09. The van der Waals surface area contributed by atoms with Crippen molar-refractivity contribution in [3.05, 3.63) is 78.0 Å². The van der Waals surface area contributed by atoms with E-state index in [-0.39, 0.29) is 11.8 Å². The van der Waals surface area contributed by atoms with Crippen molar-refractivity contribution in [2.45, 2.75) is 19.5 Å². The first kappa shape index (κ1) is 16.1. The molecule has 0 radical (unpaired) electrons. The van der Waals surface area contributed by atoms with Gasteiger partial charge in [0.2, 0.25) is 5.91 Å². The summed E-state index contributed by atoms with van der Waals surface area (Å²) in [5.41, 5.74) is 3.89. The van der Waals surface area contributed by atoms with E-state index < -0.39 is 6.04 Å². The topological polar surface area (TPSA) is 65.2 Å². The van der Waals surface area contributed by atoms with Crippen LogP contribution >= 0.6 is 0 Å². The molecule has 2 heterocycles. The minimum atomic E-state index is -0.633. The Bertz CT molecular complexity index is 966. The van der Waals surface area contributed by atoms with Crippen LogP contribution in [-0.4, -0.2) is 27.7 Å². The van der Waals surface area contributed by atoms with Crippen molar-refractivity contribution in [2.24, 2.45) is 0 Å². The van der Waals surface area contributed by atoms with Gasteiger partial charge in [0, 0.05) is 28.0 Å².